The van der Waals surface area contributed by atoms with Crippen molar-refractivity contribution in [2.24, 2.45) is 0 Å². The Morgan fingerprint density at radius 2 is 1.97 bits per heavy atom. The van der Waals surface area contributed by atoms with Gasteiger partial charge in [0.05, 0.1) is 24.5 Å². The first kappa shape index (κ1) is 20.1. The van der Waals surface area contributed by atoms with Crippen molar-refractivity contribution >= 4 is 10.0 Å². The fourth-order valence-electron chi connectivity index (χ4n) is 4.24. The summed E-state index contributed by atoms with van der Waals surface area (Å²) in [5.41, 5.74) is 1.79. The monoisotopic (exact) mass is 440 g/mol. The SMILES string of the molecule is CCn1cc(CN2C[C@@H]3Oc4ncccc4S(=O)(=O)N(Cc4ccccn4)[C@@H]3C2)cn1. The third kappa shape index (κ3) is 3.82. The highest BCUT2D eigenvalue weighted by Gasteiger charge is 2.47. The third-order valence-electron chi connectivity index (χ3n) is 5.73. The van der Waals surface area contributed by atoms with E-state index in [-0.39, 0.29) is 29.5 Å². The van der Waals surface area contributed by atoms with Crippen molar-refractivity contribution in [3.8, 4) is 5.88 Å². The van der Waals surface area contributed by atoms with Crippen molar-refractivity contribution in [1.82, 2.24) is 29.0 Å². The molecular weight excluding hydrogens is 416 g/mol. The number of pyridine rings is 2. The molecule has 1 fully saturated rings. The molecule has 0 unspecified atom stereocenters. The molecule has 10 heteroatoms. The fourth-order valence-corrected chi connectivity index (χ4v) is 5.92. The van der Waals surface area contributed by atoms with E-state index in [1.165, 1.54) is 4.31 Å². The summed E-state index contributed by atoms with van der Waals surface area (Å²) in [5, 5.41) is 4.34. The van der Waals surface area contributed by atoms with E-state index >= 15 is 0 Å². The van der Waals surface area contributed by atoms with Gasteiger partial charge >= 0.3 is 0 Å². The zero-order chi connectivity index (χ0) is 21.4. The van der Waals surface area contributed by atoms with Crippen LogP contribution in [0.25, 0.3) is 0 Å². The lowest BCUT2D eigenvalue weighted by molar-refractivity contribution is 0.143. The molecule has 2 atom stereocenters. The fraction of sp³-hybridized carbons (Fsp3) is 0.381. The van der Waals surface area contributed by atoms with Crippen molar-refractivity contribution in [1.29, 1.82) is 0 Å². The average molecular weight is 441 g/mol. The lowest BCUT2D eigenvalue weighted by Crippen LogP contribution is -2.46. The topological polar surface area (TPSA) is 93.5 Å². The number of hydrogen-bond donors (Lipinski definition) is 0. The molecule has 0 N–H and O–H groups in total. The minimum absolute atomic E-state index is 0.108. The van der Waals surface area contributed by atoms with Gasteiger partial charge in [0.1, 0.15) is 11.0 Å². The van der Waals surface area contributed by atoms with Crippen LogP contribution in [0, 0.1) is 0 Å². The summed E-state index contributed by atoms with van der Waals surface area (Å²) in [6.45, 7) is 4.89. The van der Waals surface area contributed by atoms with Crippen molar-refractivity contribution in [3.63, 3.8) is 0 Å². The van der Waals surface area contributed by atoms with E-state index in [4.69, 9.17) is 4.74 Å². The Balaban J connectivity index is 1.48. The van der Waals surface area contributed by atoms with E-state index in [9.17, 15) is 8.42 Å². The highest BCUT2D eigenvalue weighted by Crippen LogP contribution is 2.35. The van der Waals surface area contributed by atoms with Gasteiger partial charge in [0.15, 0.2) is 0 Å². The lowest BCUT2D eigenvalue weighted by atomic mass is 10.2. The van der Waals surface area contributed by atoms with E-state index in [1.54, 1.807) is 24.5 Å². The number of aromatic nitrogens is 4. The van der Waals surface area contributed by atoms with E-state index in [0.29, 0.717) is 25.3 Å². The van der Waals surface area contributed by atoms with Crippen molar-refractivity contribution in [2.45, 2.75) is 43.6 Å². The molecule has 0 aromatic carbocycles. The lowest BCUT2D eigenvalue weighted by Gasteiger charge is -2.27. The number of hydrogen-bond acceptors (Lipinski definition) is 7. The summed E-state index contributed by atoms with van der Waals surface area (Å²) in [6.07, 6.45) is 6.79. The second-order valence-corrected chi connectivity index (χ2v) is 9.66. The highest BCUT2D eigenvalue weighted by molar-refractivity contribution is 7.89. The molecule has 1 saturated heterocycles. The second-order valence-electron chi connectivity index (χ2n) is 7.80. The molecule has 31 heavy (non-hydrogen) atoms. The molecule has 0 spiro atoms. The zero-order valence-corrected chi connectivity index (χ0v) is 18.0. The third-order valence-corrected chi connectivity index (χ3v) is 7.61. The van der Waals surface area contributed by atoms with Gasteiger partial charge in [-0.05, 0) is 31.2 Å². The number of likely N-dealkylation sites (tertiary alicyclic amines) is 1. The molecule has 162 valence electrons. The summed E-state index contributed by atoms with van der Waals surface area (Å²) in [5.74, 6) is 0.168. The summed E-state index contributed by atoms with van der Waals surface area (Å²) >= 11 is 0. The number of rotatable bonds is 5. The Morgan fingerprint density at radius 3 is 2.74 bits per heavy atom. The Kier molecular flexibility index (Phi) is 5.20. The van der Waals surface area contributed by atoms with Gasteiger partial charge in [-0.1, -0.05) is 6.07 Å². The van der Waals surface area contributed by atoms with Gasteiger partial charge in [-0.3, -0.25) is 14.6 Å². The molecule has 5 heterocycles. The minimum atomic E-state index is -3.81. The van der Waals surface area contributed by atoms with Gasteiger partial charge in [-0.15, -0.1) is 0 Å². The molecule has 0 aliphatic carbocycles. The van der Waals surface area contributed by atoms with Crippen LogP contribution in [-0.2, 0) is 29.7 Å². The number of nitrogens with zero attached hydrogens (tertiary/aromatic N) is 6. The molecule has 9 nitrogen and oxygen atoms in total. The summed E-state index contributed by atoms with van der Waals surface area (Å²) in [6, 6.07) is 8.36. The highest BCUT2D eigenvalue weighted by atomic mass is 32.2. The number of sulfonamides is 1. The molecule has 0 radical (unpaired) electrons. The van der Waals surface area contributed by atoms with Crippen molar-refractivity contribution in [2.75, 3.05) is 13.1 Å². The van der Waals surface area contributed by atoms with Gasteiger partial charge in [-0.25, -0.2) is 13.4 Å². The molecule has 2 aliphatic heterocycles. The maximum absolute atomic E-state index is 13.6. The number of fused-ring (bicyclic) bond motifs is 2. The van der Waals surface area contributed by atoms with Gasteiger partial charge in [0.2, 0.25) is 15.9 Å². The quantitative estimate of drug-likeness (QED) is 0.594. The van der Waals surface area contributed by atoms with Gasteiger partial charge < -0.3 is 4.74 Å². The first-order valence-corrected chi connectivity index (χ1v) is 11.8. The van der Waals surface area contributed by atoms with E-state index in [2.05, 4.69) is 20.0 Å². The van der Waals surface area contributed by atoms with Crippen molar-refractivity contribution in [3.05, 3.63) is 66.4 Å². The molecule has 2 aliphatic rings. The molecule has 0 amide bonds. The first-order chi connectivity index (χ1) is 15.0. The van der Waals surface area contributed by atoms with Crippen LogP contribution in [0.3, 0.4) is 0 Å². The van der Waals surface area contributed by atoms with Gasteiger partial charge in [0.25, 0.3) is 0 Å². The van der Waals surface area contributed by atoms with E-state index < -0.39 is 10.0 Å². The van der Waals surface area contributed by atoms with E-state index in [0.717, 1.165) is 12.1 Å². The van der Waals surface area contributed by atoms with Crippen LogP contribution in [0.15, 0.2) is 60.0 Å². The van der Waals surface area contributed by atoms with Crippen LogP contribution >= 0.6 is 0 Å². The Bertz CT molecular complexity index is 1170. The second kappa shape index (κ2) is 8.03. The number of aryl methyl sites for hydroxylation is 1. The number of ether oxygens (including phenoxy) is 1. The molecule has 3 aromatic heterocycles. The Labute approximate surface area is 181 Å². The summed E-state index contributed by atoms with van der Waals surface area (Å²) < 4.78 is 36.8. The molecule has 0 saturated carbocycles. The first-order valence-electron chi connectivity index (χ1n) is 10.3. The van der Waals surface area contributed by atoms with Crippen LogP contribution in [-0.4, -0.2) is 62.6 Å². The predicted molar refractivity (Wildman–Crippen MR) is 113 cm³/mol. The Morgan fingerprint density at radius 1 is 1.10 bits per heavy atom. The Hall–Kier alpha value is -2.82. The maximum Gasteiger partial charge on any atom is 0.249 e. The molecule has 0 bridgehead atoms. The van der Waals surface area contributed by atoms with Crippen molar-refractivity contribution < 1.29 is 13.2 Å². The van der Waals surface area contributed by atoms with Crippen LogP contribution in [0.1, 0.15) is 18.2 Å². The molecular formula is C21H24N6O3S. The van der Waals surface area contributed by atoms with Crippen LogP contribution in [0.2, 0.25) is 0 Å². The normalized spacial score (nSPS) is 23.0. The van der Waals surface area contributed by atoms with Gasteiger partial charge in [-0.2, -0.15) is 9.40 Å². The van der Waals surface area contributed by atoms with Crippen LogP contribution < -0.4 is 4.74 Å². The standard InChI is InChI=1S/C21H24N6O3S/c1-2-26-12-16(10-24-26)11-25-14-18-19(15-25)30-21-20(7-5-9-23-21)31(28,29)27(18)13-17-6-3-4-8-22-17/h3-10,12,18-19H,2,11,13-15H2,1H3/t18-,19+/m1/s1. The summed E-state index contributed by atoms with van der Waals surface area (Å²) in [4.78, 5) is 10.9. The zero-order valence-electron chi connectivity index (χ0n) is 17.2. The van der Waals surface area contributed by atoms with Crippen LogP contribution in [0.5, 0.6) is 5.88 Å². The van der Waals surface area contributed by atoms with E-state index in [1.807, 2.05) is 42.2 Å². The maximum atomic E-state index is 13.6. The summed E-state index contributed by atoms with van der Waals surface area (Å²) in [7, 11) is -3.81. The predicted octanol–water partition coefficient (Wildman–Crippen LogP) is 1.53. The minimum Gasteiger partial charge on any atom is -0.470 e. The molecule has 5 rings (SSSR count). The largest absolute Gasteiger partial charge is 0.470 e. The van der Waals surface area contributed by atoms with Crippen LogP contribution in [0.4, 0.5) is 0 Å². The van der Waals surface area contributed by atoms with Gasteiger partial charge in [0, 0.05) is 50.3 Å². The average Bonchev–Trinajstić information content (AvgIpc) is 3.38. The smallest absolute Gasteiger partial charge is 0.249 e. The molecule has 3 aromatic rings.